The van der Waals surface area contributed by atoms with E-state index < -0.39 is 82.3 Å². The van der Waals surface area contributed by atoms with Gasteiger partial charge in [-0.3, -0.25) is 23.4 Å². The van der Waals surface area contributed by atoms with Gasteiger partial charge in [-0.2, -0.15) is 0 Å². The largest absolute Gasteiger partial charge is 0.480 e. The minimum absolute atomic E-state index is 0.0440. The molecule has 1 aliphatic rings. The van der Waals surface area contributed by atoms with Crippen LogP contribution < -0.4 is 5.73 Å². The van der Waals surface area contributed by atoms with E-state index in [-0.39, 0.29) is 25.2 Å². The first-order chi connectivity index (χ1) is 30.8. The summed E-state index contributed by atoms with van der Waals surface area (Å²) in [5.41, 5.74) is 5.33. The molecule has 0 aromatic carbocycles. The fourth-order valence-electron chi connectivity index (χ4n) is 6.44. The van der Waals surface area contributed by atoms with Gasteiger partial charge in [-0.05, 0) is 77.0 Å². The van der Waals surface area contributed by atoms with E-state index in [0.717, 1.165) is 64.2 Å². The average molecular weight is 926 g/mol. The van der Waals surface area contributed by atoms with Gasteiger partial charge in [0.1, 0.15) is 12.6 Å². The molecule has 0 aromatic heterocycles. The number of esters is 2. The maximum atomic E-state index is 12.8. The molecule has 1 rings (SSSR count). The van der Waals surface area contributed by atoms with Gasteiger partial charge in [-0.15, -0.1) is 0 Å². The number of hydrogen-bond acceptors (Lipinski definition) is 13. The maximum absolute atomic E-state index is 12.8. The molecule has 64 heavy (non-hydrogen) atoms. The summed E-state index contributed by atoms with van der Waals surface area (Å²) in [6, 6.07) is -1.58. The number of unbranched alkanes of at least 4 members (excludes halogenated alkanes) is 9. The molecule has 2 unspecified atom stereocenters. The Balaban J connectivity index is 2.53. The second-order valence-corrected chi connectivity index (χ2v) is 17.5. The molecule has 7 N–H and O–H groups in total. The number of carbonyl (C=O) groups is 3. The van der Waals surface area contributed by atoms with Crippen LogP contribution in [0.4, 0.5) is 0 Å². The Labute approximate surface area is 382 Å². The van der Waals surface area contributed by atoms with Crippen LogP contribution in [0.25, 0.3) is 0 Å². The van der Waals surface area contributed by atoms with E-state index in [1.807, 2.05) is 12.2 Å². The SMILES string of the molecule is CCCCC/C=C\C/C=C\C/C=C\C/C=C\CCCCCC(=O)OC[C@H](COP(=O)(O)OC[C@H](N)C(=O)O)OC(=O)CCC/C=C\C[C@H]1[C@@H](O)CC(O)O[C@@H]1/C=C/[C@@H](O)CCCCC. The average Bonchev–Trinajstić information content (AvgIpc) is 3.25. The van der Waals surface area contributed by atoms with Crippen LogP contribution in [0.2, 0.25) is 0 Å². The van der Waals surface area contributed by atoms with E-state index in [1.54, 1.807) is 12.2 Å². The smallest absolute Gasteiger partial charge is 0.472 e. The molecule has 1 aliphatic heterocycles. The Kier molecular flexibility index (Phi) is 34.8. The number of rotatable bonds is 38. The van der Waals surface area contributed by atoms with Crippen LogP contribution >= 0.6 is 7.82 Å². The Bertz CT molecular complexity index is 1480. The summed E-state index contributed by atoms with van der Waals surface area (Å²) < 4.78 is 38.4. The van der Waals surface area contributed by atoms with Gasteiger partial charge >= 0.3 is 25.7 Å². The number of carboxylic acid groups (broad SMARTS) is 1. The highest BCUT2D eigenvalue weighted by molar-refractivity contribution is 7.47. The molecule has 1 heterocycles. The molecule has 16 heteroatoms. The van der Waals surface area contributed by atoms with E-state index in [9.17, 15) is 39.2 Å². The number of phosphoric acid groups is 1. The third-order valence-electron chi connectivity index (χ3n) is 10.2. The molecule has 0 radical (unpaired) electrons. The van der Waals surface area contributed by atoms with Crippen molar-refractivity contribution in [2.24, 2.45) is 11.7 Å². The molecular weight excluding hydrogens is 845 g/mol. The van der Waals surface area contributed by atoms with E-state index in [0.29, 0.717) is 32.1 Å². The summed E-state index contributed by atoms with van der Waals surface area (Å²) in [4.78, 5) is 46.3. The standard InChI is InChI=1S/C48H80NO14P/c1-3-5-7-8-9-10-11-12-13-14-15-16-17-18-19-20-21-22-27-31-45(52)59-36-40(37-60-64(57,58)61-38-42(49)48(55)56)62-46(53)32-28-24-23-26-30-41-43(51)35-47(54)63-44(41)34-33-39(50)29-25-6-4-2/h9-10,12-13,15-16,18-19,23,26,33-34,39-44,47,50-51,54H,3-8,11,14,17,20-22,24-25,27-32,35-38,49H2,1-2H3,(H,55,56)(H,57,58)/b10-9-,13-12-,16-15-,19-18-,26-23-,34-33+/t39-,40+,41-,42-,43-,44+,47?/m0/s1. The van der Waals surface area contributed by atoms with Gasteiger partial charge in [0.05, 0.1) is 31.5 Å². The van der Waals surface area contributed by atoms with Gasteiger partial charge in [0, 0.05) is 25.2 Å². The Morgan fingerprint density at radius 1 is 0.734 bits per heavy atom. The Morgan fingerprint density at radius 2 is 1.30 bits per heavy atom. The lowest BCUT2D eigenvalue weighted by molar-refractivity contribution is -0.199. The number of nitrogens with two attached hydrogens (primary N) is 1. The summed E-state index contributed by atoms with van der Waals surface area (Å²) in [6.45, 7) is 2.35. The highest BCUT2D eigenvalue weighted by Crippen LogP contribution is 2.43. The van der Waals surface area contributed by atoms with Gasteiger partial charge in [-0.1, -0.05) is 125 Å². The first-order valence-corrected chi connectivity index (χ1v) is 24.9. The van der Waals surface area contributed by atoms with Crippen molar-refractivity contribution in [1.82, 2.24) is 0 Å². The van der Waals surface area contributed by atoms with Crippen molar-refractivity contribution in [2.45, 2.75) is 185 Å². The lowest BCUT2D eigenvalue weighted by Crippen LogP contribution is -2.43. The first kappa shape index (κ1) is 58.8. The van der Waals surface area contributed by atoms with Crippen molar-refractivity contribution in [1.29, 1.82) is 0 Å². The molecule has 15 nitrogen and oxygen atoms in total. The molecule has 0 aromatic rings. The Morgan fingerprint density at radius 3 is 1.94 bits per heavy atom. The second kappa shape index (κ2) is 37.9. The summed E-state index contributed by atoms with van der Waals surface area (Å²) in [5.74, 6) is -3.02. The van der Waals surface area contributed by atoms with Gasteiger partial charge in [0.15, 0.2) is 12.4 Å². The van der Waals surface area contributed by atoms with Gasteiger partial charge in [0.25, 0.3) is 0 Å². The molecule has 366 valence electrons. The monoisotopic (exact) mass is 926 g/mol. The molecule has 0 amide bonds. The van der Waals surface area contributed by atoms with Crippen LogP contribution in [0.15, 0.2) is 72.9 Å². The van der Waals surface area contributed by atoms with Gasteiger partial charge in [0.2, 0.25) is 0 Å². The van der Waals surface area contributed by atoms with E-state index in [2.05, 4.69) is 67.0 Å². The Hall–Kier alpha value is -3.24. The molecule has 0 spiro atoms. The van der Waals surface area contributed by atoms with Crippen LogP contribution in [0.1, 0.15) is 149 Å². The fourth-order valence-corrected chi connectivity index (χ4v) is 7.22. The van der Waals surface area contributed by atoms with Crippen molar-refractivity contribution >= 4 is 25.7 Å². The molecule has 1 saturated heterocycles. The highest BCUT2D eigenvalue weighted by Gasteiger charge is 2.35. The molecule has 0 bridgehead atoms. The van der Waals surface area contributed by atoms with E-state index in [4.69, 9.17) is 29.6 Å². The van der Waals surface area contributed by atoms with Crippen LogP contribution in [0, 0.1) is 5.92 Å². The third kappa shape index (κ3) is 32.4. The van der Waals surface area contributed by atoms with Crippen molar-refractivity contribution in [3.8, 4) is 0 Å². The zero-order valence-electron chi connectivity index (χ0n) is 38.4. The molecule has 1 fully saturated rings. The zero-order chi connectivity index (χ0) is 47.3. The minimum Gasteiger partial charge on any atom is -0.480 e. The summed E-state index contributed by atoms with van der Waals surface area (Å²) in [6.07, 6.45) is 35.8. The second-order valence-electron chi connectivity index (χ2n) is 16.1. The third-order valence-corrected chi connectivity index (χ3v) is 11.2. The van der Waals surface area contributed by atoms with Crippen molar-refractivity contribution < 1.29 is 67.5 Å². The molecule has 0 saturated carbocycles. The number of allylic oxidation sites excluding steroid dienone is 10. The van der Waals surface area contributed by atoms with Gasteiger partial charge < -0.3 is 45.3 Å². The van der Waals surface area contributed by atoms with E-state index >= 15 is 0 Å². The minimum atomic E-state index is -4.81. The summed E-state index contributed by atoms with van der Waals surface area (Å²) in [7, 11) is -4.81. The normalized spacial score (nSPS) is 20.8. The summed E-state index contributed by atoms with van der Waals surface area (Å²) in [5, 5.41) is 39.9. The number of aliphatic hydroxyl groups excluding tert-OH is 3. The highest BCUT2D eigenvalue weighted by atomic mass is 31.2. The maximum Gasteiger partial charge on any atom is 0.472 e. The van der Waals surface area contributed by atoms with Gasteiger partial charge in [-0.25, -0.2) is 4.57 Å². The summed E-state index contributed by atoms with van der Waals surface area (Å²) >= 11 is 0. The zero-order valence-corrected chi connectivity index (χ0v) is 39.3. The number of carbonyl (C=O) groups excluding carboxylic acids is 2. The molecular formula is C48H80NO14P. The predicted molar refractivity (Wildman–Crippen MR) is 248 cm³/mol. The topological polar surface area (TPSA) is 242 Å². The van der Waals surface area contributed by atoms with Crippen LogP contribution in [-0.2, 0) is 42.2 Å². The van der Waals surface area contributed by atoms with Crippen LogP contribution in [0.3, 0.4) is 0 Å². The fraction of sp³-hybridized carbons (Fsp3) is 0.688. The number of hydrogen-bond donors (Lipinski definition) is 6. The quantitative estimate of drug-likeness (QED) is 0.0147. The first-order valence-electron chi connectivity index (χ1n) is 23.4. The lowest BCUT2D eigenvalue weighted by atomic mass is 9.87. The molecule has 8 atom stereocenters. The number of carboxylic acids is 1. The number of aliphatic carboxylic acids is 1. The lowest BCUT2D eigenvalue weighted by Gasteiger charge is -2.36. The number of phosphoric ester groups is 1. The molecule has 0 aliphatic carbocycles. The van der Waals surface area contributed by atoms with Crippen molar-refractivity contribution in [2.75, 3.05) is 19.8 Å². The van der Waals surface area contributed by atoms with Crippen LogP contribution in [-0.4, -0.2) is 99.8 Å². The van der Waals surface area contributed by atoms with Crippen molar-refractivity contribution in [3.05, 3.63) is 72.9 Å². The predicted octanol–water partition coefficient (Wildman–Crippen LogP) is 8.61. The number of aliphatic hydroxyl groups is 3. The van der Waals surface area contributed by atoms with E-state index in [1.165, 1.54) is 19.3 Å². The van der Waals surface area contributed by atoms with Crippen LogP contribution in [0.5, 0.6) is 0 Å². The van der Waals surface area contributed by atoms with Crippen molar-refractivity contribution in [3.63, 3.8) is 0 Å². The number of ether oxygens (including phenoxy) is 3.